The van der Waals surface area contributed by atoms with Crippen LogP contribution in [0.15, 0.2) is 27.9 Å². The highest BCUT2D eigenvalue weighted by molar-refractivity contribution is 7.91. The first-order valence-electron chi connectivity index (χ1n) is 6.92. The van der Waals surface area contributed by atoms with Crippen LogP contribution >= 0.6 is 11.3 Å². The zero-order chi connectivity index (χ0) is 16.7. The quantitative estimate of drug-likeness (QED) is 0.906. The van der Waals surface area contributed by atoms with Gasteiger partial charge in [0.05, 0.1) is 0 Å². The summed E-state index contributed by atoms with van der Waals surface area (Å²) in [5.74, 6) is 0.335. The highest BCUT2D eigenvalue weighted by atomic mass is 32.2. The van der Waals surface area contributed by atoms with Crippen LogP contribution in [0.2, 0.25) is 0 Å². The molecule has 1 aliphatic heterocycles. The lowest BCUT2D eigenvalue weighted by Crippen LogP contribution is -2.33. The summed E-state index contributed by atoms with van der Waals surface area (Å²) in [7, 11) is -3.55. The number of thiophene rings is 1. The Morgan fingerprint density at radius 2 is 2.22 bits per heavy atom. The van der Waals surface area contributed by atoms with Gasteiger partial charge >= 0.3 is 6.18 Å². The molecule has 0 unspecified atom stereocenters. The molecule has 2 aromatic heterocycles. The van der Waals surface area contributed by atoms with Crippen molar-refractivity contribution >= 4 is 21.4 Å². The minimum atomic E-state index is -4.46. The molecule has 0 saturated carbocycles. The first-order valence-corrected chi connectivity index (χ1v) is 9.28. The van der Waals surface area contributed by atoms with Gasteiger partial charge in [0.15, 0.2) is 5.69 Å². The molecule has 0 aliphatic carbocycles. The second-order valence-corrected chi connectivity index (χ2v) is 8.32. The van der Waals surface area contributed by atoms with Crippen LogP contribution in [0, 0.1) is 5.92 Å². The average molecular weight is 365 g/mol. The Hall–Kier alpha value is -1.39. The third-order valence-electron chi connectivity index (χ3n) is 3.70. The second-order valence-electron chi connectivity index (χ2n) is 5.38. The molecule has 10 heteroatoms. The summed E-state index contributed by atoms with van der Waals surface area (Å²) >= 11 is 1.12. The number of hydrogen-bond donors (Lipinski definition) is 1. The van der Waals surface area contributed by atoms with Gasteiger partial charge in [-0.15, -0.1) is 11.3 Å². The van der Waals surface area contributed by atoms with Crippen molar-refractivity contribution in [1.82, 2.24) is 14.3 Å². The summed E-state index contributed by atoms with van der Waals surface area (Å²) in [6.07, 6.45) is -2.46. The predicted molar refractivity (Wildman–Crippen MR) is 78.5 cm³/mol. The molecule has 0 saturated heterocycles. The summed E-state index contributed by atoms with van der Waals surface area (Å²) < 4.78 is 66.3. The molecule has 1 aliphatic rings. The van der Waals surface area contributed by atoms with E-state index in [2.05, 4.69) is 9.71 Å². The van der Waals surface area contributed by atoms with Crippen molar-refractivity contribution < 1.29 is 21.6 Å². The highest BCUT2D eigenvalue weighted by Gasteiger charge is 2.35. The van der Waals surface area contributed by atoms with E-state index in [0.717, 1.165) is 17.5 Å². The molecular weight excluding hydrogens is 351 g/mol. The zero-order valence-electron chi connectivity index (χ0n) is 11.9. The molecule has 0 amide bonds. The Labute approximate surface area is 135 Å². The number of rotatable bonds is 4. The monoisotopic (exact) mass is 365 g/mol. The Bertz CT molecular complexity index is 782. The van der Waals surface area contributed by atoms with Gasteiger partial charge in [-0.1, -0.05) is 6.07 Å². The first kappa shape index (κ1) is 16.5. The minimum Gasteiger partial charge on any atom is -0.334 e. The molecule has 0 bridgehead atoms. The standard InChI is InChI=1S/C13H14F3N3O2S2/c14-13(15,16)10-8-19-7-9(3-4-11(19)18-10)6-17-23(20,21)12-2-1-5-22-12/h1-2,5,8-9,17H,3-4,6-7H2/t9-/m1/s1. The maximum absolute atomic E-state index is 12.7. The topological polar surface area (TPSA) is 64.0 Å². The summed E-state index contributed by atoms with van der Waals surface area (Å²) in [6, 6.07) is 3.16. The fraction of sp³-hybridized carbons (Fsp3) is 0.462. The number of aromatic nitrogens is 2. The molecule has 0 aromatic carbocycles. The van der Waals surface area contributed by atoms with E-state index >= 15 is 0 Å². The number of nitrogens with zero attached hydrogens (tertiary/aromatic N) is 2. The third-order valence-corrected chi connectivity index (χ3v) is 6.52. The molecule has 2 aromatic rings. The zero-order valence-corrected chi connectivity index (χ0v) is 13.5. The lowest BCUT2D eigenvalue weighted by atomic mass is 10.00. The lowest BCUT2D eigenvalue weighted by Gasteiger charge is -2.23. The van der Waals surface area contributed by atoms with Crippen molar-refractivity contribution in [2.75, 3.05) is 6.54 Å². The van der Waals surface area contributed by atoms with Crippen LogP contribution < -0.4 is 4.72 Å². The van der Waals surface area contributed by atoms with Gasteiger partial charge in [0, 0.05) is 25.7 Å². The summed E-state index contributed by atoms with van der Waals surface area (Å²) in [5, 5.41) is 1.67. The Morgan fingerprint density at radius 1 is 1.43 bits per heavy atom. The third kappa shape index (κ3) is 3.59. The van der Waals surface area contributed by atoms with E-state index in [1.54, 1.807) is 11.4 Å². The number of nitrogens with one attached hydrogen (secondary N) is 1. The number of hydrogen-bond acceptors (Lipinski definition) is 4. The number of imidazole rings is 1. The number of fused-ring (bicyclic) bond motifs is 1. The van der Waals surface area contributed by atoms with E-state index in [-0.39, 0.29) is 16.7 Å². The Kier molecular flexibility index (Phi) is 4.23. The van der Waals surface area contributed by atoms with Crippen molar-refractivity contribution in [3.8, 4) is 0 Å². The van der Waals surface area contributed by atoms with Crippen molar-refractivity contribution in [3.63, 3.8) is 0 Å². The van der Waals surface area contributed by atoms with Crippen LogP contribution in [0.1, 0.15) is 17.9 Å². The van der Waals surface area contributed by atoms with Crippen molar-refractivity contribution in [2.24, 2.45) is 5.92 Å². The molecule has 5 nitrogen and oxygen atoms in total. The van der Waals surface area contributed by atoms with Crippen LogP contribution in [0.5, 0.6) is 0 Å². The normalized spacial score (nSPS) is 18.8. The van der Waals surface area contributed by atoms with Gasteiger partial charge in [0.1, 0.15) is 10.0 Å². The predicted octanol–water partition coefficient (Wildman–Crippen LogP) is 2.50. The maximum atomic E-state index is 12.7. The van der Waals surface area contributed by atoms with E-state index in [1.807, 2.05) is 0 Å². The fourth-order valence-corrected chi connectivity index (χ4v) is 4.69. The number of halogens is 3. The molecule has 126 valence electrons. The van der Waals surface area contributed by atoms with Gasteiger partial charge in [-0.05, 0) is 23.8 Å². The summed E-state index contributed by atoms with van der Waals surface area (Å²) in [4.78, 5) is 3.61. The molecule has 0 radical (unpaired) electrons. The Balaban J connectivity index is 1.65. The Morgan fingerprint density at radius 3 is 2.87 bits per heavy atom. The molecule has 0 spiro atoms. The minimum absolute atomic E-state index is 0.0625. The van der Waals surface area contributed by atoms with Crippen molar-refractivity contribution in [3.05, 3.63) is 35.2 Å². The first-order chi connectivity index (χ1) is 10.8. The van der Waals surface area contributed by atoms with Crippen LogP contribution in [0.3, 0.4) is 0 Å². The van der Waals surface area contributed by atoms with E-state index in [1.165, 1.54) is 10.6 Å². The van der Waals surface area contributed by atoms with E-state index in [4.69, 9.17) is 0 Å². The van der Waals surface area contributed by atoms with E-state index < -0.39 is 21.9 Å². The second kappa shape index (κ2) is 5.91. The molecule has 1 atom stereocenters. The highest BCUT2D eigenvalue weighted by Crippen LogP contribution is 2.30. The van der Waals surface area contributed by atoms with Crippen molar-refractivity contribution in [2.45, 2.75) is 29.8 Å². The largest absolute Gasteiger partial charge is 0.434 e. The molecule has 1 N–H and O–H groups in total. The molecular formula is C13H14F3N3O2S2. The van der Waals surface area contributed by atoms with E-state index in [9.17, 15) is 21.6 Å². The number of aryl methyl sites for hydroxylation is 1. The van der Waals surface area contributed by atoms with Crippen molar-refractivity contribution in [1.29, 1.82) is 0 Å². The summed E-state index contributed by atoms with van der Waals surface area (Å²) in [5.41, 5.74) is -0.896. The number of alkyl halides is 3. The lowest BCUT2D eigenvalue weighted by molar-refractivity contribution is -0.141. The van der Waals surface area contributed by atoms with Gasteiger partial charge in [-0.2, -0.15) is 13.2 Å². The fourth-order valence-electron chi connectivity index (χ4n) is 2.53. The molecule has 3 rings (SSSR count). The van der Waals surface area contributed by atoms with Gasteiger partial charge in [-0.25, -0.2) is 18.1 Å². The molecule has 0 fully saturated rings. The molecule has 3 heterocycles. The van der Waals surface area contributed by atoms with Crippen LogP contribution in [0.4, 0.5) is 13.2 Å². The van der Waals surface area contributed by atoms with Crippen LogP contribution in [0.25, 0.3) is 0 Å². The maximum Gasteiger partial charge on any atom is 0.434 e. The van der Waals surface area contributed by atoms with Gasteiger partial charge < -0.3 is 4.57 Å². The summed E-state index contributed by atoms with van der Waals surface area (Å²) in [6.45, 7) is 0.518. The smallest absolute Gasteiger partial charge is 0.334 e. The van der Waals surface area contributed by atoms with Gasteiger partial charge in [-0.3, -0.25) is 0 Å². The SMILES string of the molecule is O=S(=O)(NC[C@H]1CCc2nc(C(F)(F)F)cn2C1)c1cccs1. The van der Waals surface area contributed by atoms with E-state index in [0.29, 0.717) is 25.2 Å². The van der Waals surface area contributed by atoms with Crippen LogP contribution in [-0.2, 0) is 29.2 Å². The van der Waals surface area contributed by atoms with Gasteiger partial charge in [0.2, 0.25) is 10.0 Å². The average Bonchev–Trinajstić information content (AvgIpc) is 3.13. The number of sulfonamides is 1. The van der Waals surface area contributed by atoms with Gasteiger partial charge in [0.25, 0.3) is 0 Å². The molecule has 23 heavy (non-hydrogen) atoms. The van der Waals surface area contributed by atoms with Crippen LogP contribution in [-0.4, -0.2) is 24.5 Å².